The van der Waals surface area contributed by atoms with Gasteiger partial charge in [0.2, 0.25) is 11.7 Å². The lowest BCUT2D eigenvalue weighted by atomic mass is 9.71. The average Bonchev–Trinajstić information content (AvgIpc) is 3.45. The highest BCUT2D eigenvalue weighted by atomic mass is 16.5. The highest BCUT2D eigenvalue weighted by Gasteiger charge is 2.52. The van der Waals surface area contributed by atoms with E-state index >= 15 is 0 Å². The van der Waals surface area contributed by atoms with Crippen LogP contribution in [-0.2, 0) is 16.8 Å². The van der Waals surface area contributed by atoms with Crippen molar-refractivity contribution < 1.29 is 14.1 Å². The predicted molar refractivity (Wildman–Crippen MR) is 115 cm³/mol. The molecule has 3 aromatic rings. The number of carbonyl (C=O) groups is 2. The molecule has 2 fully saturated rings. The van der Waals surface area contributed by atoms with Gasteiger partial charge in [0.1, 0.15) is 0 Å². The van der Waals surface area contributed by atoms with Crippen molar-refractivity contribution in [3.8, 4) is 0 Å². The highest BCUT2D eigenvalue weighted by molar-refractivity contribution is 5.92. The van der Waals surface area contributed by atoms with Gasteiger partial charge in [-0.15, -0.1) is 0 Å². The minimum atomic E-state index is -0.252. The van der Waals surface area contributed by atoms with Crippen molar-refractivity contribution in [2.45, 2.75) is 37.3 Å². The maximum atomic E-state index is 13.3. The fourth-order valence-electron chi connectivity index (χ4n) is 5.22. The molecule has 2 aromatic carbocycles. The molecule has 0 bridgehead atoms. The van der Waals surface area contributed by atoms with Gasteiger partial charge in [0.15, 0.2) is 0 Å². The summed E-state index contributed by atoms with van der Waals surface area (Å²) in [7, 11) is 0. The first-order chi connectivity index (χ1) is 15.2. The van der Waals surface area contributed by atoms with E-state index in [0.717, 1.165) is 18.4 Å². The van der Waals surface area contributed by atoms with Gasteiger partial charge in [0.25, 0.3) is 5.91 Å². The van der Waals surface area contributed by atoms with Crippen molar-refractivity contribution in [1.82, 2.24) is 15.0 Å². The van der Waals surface area contributed by atoms with Crippen molar-refractivity contribution in [2.75, 3.05) is 13.1 Å². The first-order valence-electron chi connectivity index (χ1n) is 10.8. The summed E-state index contributed by atoms with van der Waals surface area (Å²) in [6.07, 6.45) is 3.52. The SMILES string of the molecule is O=C1CCC2(c3ccccc3)CCN(C(=O)c3ccno3)C2CN1Cc1ccccc1. The Bertz CT molecular complexity index is 1050. The zero-order valence-electron chi connectivity index (χ0n) is 17.3. The van der Waals surface area contributed by atoms with Crippen molar-refractivity contribution >= 4 is 11.8 Å². The normalized spacial score (nSPS) is 23.5. The van der Waals surface area contributed by atoms with Crippen LogP contribution in [0.1, 0.15) is 40.9 Å². The topological polar surface area (TPSA) is 66.7 Å². The lowest BCUT2D eigenvalue weighted by Crippen LogP contribution is -2.50. The number of amides is 2. The van der Waals surface area contributed by atoms with E-state index in [2.05, 4.69) is 17.3 Å². The summed E-state index contributed by atoms with van der Waals surface area (Å²) >= 11 is 0. The van der Waals surface area contributed by atoms with Crippen LogP contribution in [0, 0.1) is 0 Å². The number of benzene rings is 2. The van der Waals surface area contributed by atoms with Gasteiger partial charge >= 0.3 is 0 Å². The minimum absolute atomic E-state index is 0.123. The van der Waals surface area contributed by atoms with E-state index < -0.39 is 0 Å². The fourth-order valence-corrected chi connectivity index (χ4v) is 5.22. The van der Waals surface area contributed by atoms with Crippen molar-refractivity contribution in [3.05, 3.63) is 89.8 Å². The summed E-state index contributed by atoms with van der Waals surface area (Å²) in [4.78, 5) is 30.2. The standard InChI is InChI=1S/C25H25N3O3/c29-23-11-13-25(20-9-5-2-6-10-20)14-16-28(24(30)21-12-15-26-31-21)22(25)18-27(23)17-19-7-3-1-4-8-19/h1-10,12,15,22H,11,13-14,16-18H2. The number of fused-ring (bicyclic) bond motifs is 1. The number of carbonyl (C=O) groups excluding carboxylic acids is 2. The summed E-state index contributed by atoms with van der Waals surface area (Å²) < 4.78 is 5.18. The van der Waals surface area contributed by atoms with Gasteiger partial charge in [0, 0.05) is 37.5 Å². The molecule has 2 aliphatic heterocycles. The summed E-state index contributed by atoms with van der Waals surface area (Å²) in [5.41, 5.74) is 2.04. The van der Waals surface area contributed by atoms with E-state index in [-0.39, 0.29) is 29.0 Å². The predicted octanol–water partition coefficient (Wildman–Crippen LogP) is 3.65. The third kappa shape index (κ3) is 3.52. The van der Waals surface area contributed by atoms with E-state index in [4.69, 9.17) is 4.52 Å². The third-order valence-electron chi connectivity index (χ3n) is 6.82. The number of hydrogen-bond donors (Lipinski definition) is 0. The molecule has 158 valence electrons. The molecule has 0 saturated carbocycles. The van der Waals surface area contributed by atoms with E-state index in [9.17, 15) is 9.59 Å². The van der Waals surface area contributed by atoms with Gasteiger partial charge in [-0.25, -0.2) is 0 Å². The molecule has 2 aliphatic rings. The summed E-state index contributed by atoms with van der Waals surface area (Å²) in [6, 6.07) is 21.9. The minimum Gasteiger partial charge on any atom is -0.351 e. The Balaban J connectivity index is 1.52. The number of aromatic nitrogens is 1. The van der Waals surface area contributed by atoms with Crippen LogP contribution >= 0.6 is 0 Å². The van der Waals surface area contributed by atoms with Crippen molar-refractivity contribution in [1.29, 1.82) is 0 Å². The molecule has 31 heavy (non-hydrogen) atoms. The average molecular weight is 415 g/mol. The quantitative estimate of drug-likeness (QED) is 0.652. The van der Waals surface area contributed by atoms with Crippen LogP contribution in [0.2, 0.25) is 0 Å². The molecule has 2 unspecified atom stereocenters. The molecule has 2 amide bonds. The van der Waals surface area contributed by atoms with Crippen LogP contribution in [0.3, 0.4) is 0 Å². The lowest BCUT2D eigenvalue weighted by molar-refractivity contribution is -0.131. The Morgan fingerprint density at radius 2 is 1.77 bits per heavy atom. The van der Waals surface area contributed by atoms with Crippen LogP contribution in [0.25, 0.3) is 0 Å². The molecule has 2 atom stereocenters. The Morgan fingerprint density at radius 1 is 1.03 bits per heavy atom. The van der Waals surface area contributed by atoms with Gasteiger partial charge in [-0.2, -0.15) is 0 Å². The molecule has 5 rings (SSSR count). The summed E-state index contributed by atoms with van der Waals surface area (Å²) in [5, 5.41) is 3.71. The number of hydrogen-bond acceptors (Lipinski definition) is 4. The molecule has 0 N–H and O–H groups in total. The van der Waals surface area contributed by atoms with Crippen molar-refractivity contribution in [2.24, 2.45) is 0 Å². The second kappa shape index (κ2) is 8.02. The largest absolute Gasteiger partial charge is 0.351 e. The number of likely N-dealkylation sites (tertiary alicyclic amines) is 2. The fraction of sp³-hybridized carbons (Fsp3) is 0.320. The highest BCUT2D eigenvalue weighted by Crippen LogP contribution is 2.46. The molecule has 2 saturated heterocycles. The Labute approximate surface area is 181 Å². The Kier molecular flexibility index (Phi) is 5.06. The molecular formula is C25H25N3O3. The van der Waals surface area contributed by atoms with E-state index in [1.807, 2.05) is 58.3 Å². The zero-order chi connectivity index (χ0) is 21.3. The number of rotatable bonds is 4. The molecule has 0 spiro atoms. The van der Waals surface area contributed by atoms with Crippen LogP contribution in [0.5, 0.6) is 0 Å². The second-order valence-corrected chi connectivity index (χ2v) is 8.42. The van der Waals surface area contributed by atoms with Gasteiger partial charge in [-0.05, 0) is 24.0 Å². The van der Waals surface area contributed by atoms with Gasteiger partial charge in [-0.1, -0.05) is 65.8 Å². The van der Waals surface area contributed by atoms with Gasteiger partial charge in [0.05, 0.1) is 12.2 Å². The molecule has 1 aromatic heterocycles. The molecule has 6 nitrogen and oxygen atoms in total. The van der Waals surface area contributed by atoms with Crippen LogP contribution in [0.15, 0.2) is 77.4 Å². The summed E-state index contributed by atoms with van der Waals surface area (Å²) in [6.45, 7) is 1.68. The summed E-state index contributed by atoms with van der Waals surface area (Å²) in [5.74, 6) is 0.226. The van der Waals surface area contributed by atoms with E-state index in [0.29, 0.717) is 26.1 Å². The van der Waals surface area contributed by atoms with Gasteiger partial charge < -0.3 is 14.3 Å². The van der Waals surface area contributed by atoms with E-state index in [1.54, 1.807) is 6.07 Å². The Hall–Kier alpha value is -3.41. The third-order valence-corrected chi connectivity index (χ3v) is 6.82. The van der Waals surface area contributed by atoms with Gasteiger partial charge in [-0.3, -0.25) is 9.59 Å². The molecule has 3 heterocycles. The molecule has 6 heteroatoms. The van der Waals surface area contributed by atoms with Crippen LogP contribution in [-0.4, -0.2) is 45.9 Å². The zero-order valence-corrected chi connectivity index (χ0v) is 17.3. The maximum absolute atomic E-state index is 13.3. The first kappa shape index (κ1) is 19.5. The van der Waals surface area contributed by atoms with Crippen molar-refractivity contribution in [3.63, 3.8) is 0 Å². The maximum Gasteiger partial charge on any atom is 0.292 e. The molecule has 0 aliphatic carbocycles. The van der Waals surface area contributed by atoms with E-state index in [1.165, 1.54) is 11.8 Å². The number of nitrogens with zero attached hydrogens (tertiary/aromatic N) is 3. The van der Waals surface area contributed by atoms with Crippen LogP contribution < -0.4 is 0 Å². The molecular weight excluding hydrogens is 390 g/mol. The smallest absolute Gasteiger partial charge is 0.292 e. The monoisotopic (exact) mass is 415 g/mol. The lowest BCUT2D eigenvalue weighted by Gasteiger charge is -2.38. The van der Waals surface area contributed by atoms with Crippen LogP contribution in [0.4, 0.5) is 0 Å². The Morgan fingerprint density at radius 3 is 2.48 bits per heavy atom. The second-order valence-electron chi connectivity index (χ2n) is 8.42. The first-order valence-corrected chi connectivity index (χ1v) is 10.8. The molecule has 0 radical (unpaired) electrons.